The first kappa shape index (κ1) is 15.0. The predicted octanol–water partition coefficient (Wildman–Crippen LogP) is 0.689. The zero-order valence-electron chi connectivity index (χ0n) is 12.6. The second kappa shape index (κ2) is 5.07. The van der Waals surface area contributed by atoms with Crippen LogP contribution in [0.2, 0.25) is 0 Å². The van der Waals surface area contributed by atoms with E-state index >= 15 is 0 Å². The molecule has 0 unspecified atom stereocenters. The molecule has 1 aliphatic heterocycles. The Hall–Kier alpha value is -0.920. The summed E-state index contributed by atoms with van der Waals surface area (Å²) in [7, 11) is -1.32. The van der Waals surface area contributed by atoms with Gasteiger partial charge in [-0.3, -0.25) is 0 Å². The first-order valence-corrected chi connectivity index (χ1v) is 9.17. The molecule has 2 aliphatic rings. The topological polar surface area (TPSA) is 75.4 Å². The average Bonchev–Trinajstić information content (AvgIpc) is 3.06. The Labute approximate surface area is 125 Å². The molecule has 1 saturated heterocycles. The molecule has 6 nitrogen and oxygen atoms in total. The van der Waals surface area contributed by atoms with E-state index in [1.165, 1.54) is 0 Å². The first-order chi connectivity index (χ1) is 9.88. The summed E-state index contributed by atoms with van der Waals surface area (Å²) in [5, 5.41) is 11.2. The van der Waals surface area contributed by atoms with Crippen LogP contribution < -0.4 is 0 Å². The van der Waals surface area contributed by atoms with E-state index in [1.807, 2.05) is 17.8 Å². The minimum atomic E-state index is -3.19. The standard InChI is InChI=1S/C14H23N3O3S/c1-3-21(19,20)17-9-11-5-4-6-14(18,12(11)10-17)13-15-7-8-16(13)2/h7-8,11-12,18H,3-6,9-10H2,1-2H3/t11-,12-,14-/m0/s1. The summed E-state index contributed by atoms with van der Waals surface area (Å²) in [4.78, 5) is 4.32. The van der Waals surface area contributed by atoms with Gasteiger partial charge in [-0.1, -0.05) is 0 Å². The highest BCUT2D eigenvalue weighted by Gasteiger charge is 2.53. The van der Waals surface area contributed by atoms with Gasteiger partial charge >= 0.3 is 0 Å². The van der Waals surface area contributed by atoms with E-state index in [4.69, 9.17) is 0 Å². The third kappa shape index (κ3) is 2.31. The van der Waals surface area contributed by atoms with Gasteiger partial charge < -0.3 is 9.67 Å². The first-order valence-electron chi connectivity index (χ1n) is 7.56. The predicted molar refractivity (Wildman–Crippen MR) is 79.0 cm³/mol. The number of aromatic nitrogens is 2. The highest BCUT2D eigenvalue weighted by atomic mass is 32.2. The number of hydrogen-bond acceptors (Lipinski definition) is 4. The van der Waals surface area contributed by atoms with Gasteiger partial charge in [0.15, 0.2) is 0 Å². The molecule has 0 amide bonds. The number of rotatable bonds is 3. The van der Waals surface area contributed by atoms with E-state index in [0.29, 0.717) is 25.3 Å². The van der Waals surface area contributed by atoms with Crippen molar-refractivity contribution in [1.29, 1.82) is 0 Å². The normalized spacial score (nSPS) is 34.0. The fraction of sp³-hybridized carbons (Fsp3) is 0.786. The molecule has 0 spiro atoms. The van der Waals surface area contributed by atoms with Crippen LogP contribution in [0.25, 0.3) is 0 Å². The van der Waals surface area contributed by atoms with Gasteiger partial charge in [-0.2, -0.15) is 0 Å². The van der Waals surface area contributed by atoms with Crippen molar-refractivity contribution >= 4 is 10.0 Å². The van der Waals surface area contributed by atoms with Crippen LogP contribution in [-0.2, 0) is 22.7 Å². The van der Waals surface area contributed by atoms with Crippen LogP contribution >= 0.6 is 0 Å². The summed E-state index contributed by atoms with van der Waals surface area (Å²) in [6.45, 7) is 2.61. The lowest BCUT2D eigenvalue weighted by Gasteiger charge is -2.40. The molecule has 3 rings (SSSR count). The molecule has 1 saturated carbocycles. The zero-order valence-corrected chi connectivity index (χ0v) is 13.4. The Kier molecular flexibility index (Phi) is 3.62. The van der Waals surface area contributed by atoms with Gasteiger partial charge in [-0.05, 0) is 32.1 Å². The van der Waals surface area contributed by atoms with Crippen LogP contribution in [0, 0.1) is 11.8 Å². The number of sulfonamides is 1. The summed E-state index contributed by atoms with van der Waals surface area (Å²) >= 11 is 0. The van der Waals surface area contributed by atoms with Crippen molar-refractivity contribution in [2.45, 2.75) is 31.8 Å². The molecule has 7 heteroatoms. The van der Waals surface area contributed by atoms with E-state index in [2.05, 4.69) is 4.98 Å². The van der Waals surface area contributed by atoms with Crippen molar-refractivity contribution in [3.05, 3.63) is 18.2 Å². The molecule has 2 heterocycles. The molecule has 1 aromatic heterocycles. The molecule has 0 radical (unpaired) electrons. The van der Waals surface area contributed by atoms with E-state index in [-0.39, 0.29) is 17.6 Å². The Morgan fingerprint density at radius 1 is 1.48 bits per heavy atom. The summed E-state index contributed by atoms with van der Waals surface area (Å²) in [5.41, 5.74) is -1.01. The van der Waals surface area contributed by atoms with Crippen LogP contribution in [0.3, 0.4) is 0 Å². The maximum absolute atomic E-state index is 12.1. The smallest absolute Gasteiger partial charge is 0.213 e. The highest BCUT2D eigenvalue weighted by molar-refractivity contribution is 7.89. The van der Waals surface area contributed by atoms with Gasteiger partial charge in [-0.25, -0.2) is 17.7 Å². The number of nitrogens with zero attached hydrogens (tertiary/aromatic N) is 3. The molecule has 2 fully saturated rings. The highest BCUT2D eigenvalue weighted by Crippen LogP contribution is 2.48. The summed E-state index contributed by atoms with van der Waals surface area (Å²) in [6.07, 6.45) is 6.05. The summed E-state index contributed by atoms with van der Waals surface area (Å²) in [5.74, 6) is 0.941. The van der Waals surface area contributed by atoms with E-state index in [9.17, 15) is 13.5 Å². The summed E-state index contributed by atoms with van der Waals surface area (Å²) < 4.78 is 27.7. The van der Waals surface area contributed by atoms with Crippen LogP contribution in [0.15, 0.2) is 12.4 Å². The van der Waals surface area contributed by atoms with Crippen molar-refractivity contribution in [3.8, 4) is 0 Å². The SMILES string of the molecule is CCS(=O)(=O)N1C[C@@H]2CCC[C@@](O)(c3nccn3C)[C@H]2C1. The molecule has 21 heavy (non-hydrogen) atoms. The molecule has 118 valence electrons. The minimum absolute atomic E-state index is 0.0614. The quantitative estimate of drug-likeness (QED) is 0.891. The van der Waals surface area contributed by atoms with E-state index in [0.717, 1.165) is 12.8 Å². The van der Waals surface area contributed by atoms with Crippen molar-refractivity contribution in [2.75, 3.05) is 18.8 Å². The lowest BCUT2D eigenvalue weighted by Crippen LogP contribution is -2.44. The van der Waals surface area contributed by atoms with Crippen molar-refractivity contribution < 1.29 is 13.5 Å². The molecule has 0 aromatic carbocycles. The third-order valence-electron chi connectivity index (χ3n) is 5.12. The number of hydrogen-bond donors (Lipinski definition) is 1. The fourth-order valence-electron chi connectivity index (χ4n) is 3.95. The van der Waals surface area contributed by atoms with Crippen LogP contribution in [0.5, 0.6) is 0 Å². The Morgan fingerprint density at radius 3 is 2.86 bits per heavy atom. The van der Waals surface area contributed by atoms with Crippen molar-refractivity contribution in [1.82, 2.24) is 13.9 Å². The monoisotopic (exact) mass is 313 g/mol. The molecule has 3 atom stereocenters. The van der Waals surface area contributed by atoms with Crippen LogP contribution in [0.1, 0.15) is 32.0 Å². The number of aryl methyl sites for hydroxylation is 1. The number of fused-ring (bicyclic) bond motifs is 1. The molecule has 0 bridgehead atoms. The van der Waals surface area contributed by atoms with Crippen LogP contribution in [-0.4, -0.2) is 46.2 Å². The lowest BCUT2D eigenvalue weighted by molar-refractivity contribution is -0.0728. The van der Waals surface area contributed by atoms with Gasteiger partial charge in [0, 0.05) is 38.4 Å². The van der Waals surface area contributed by atoms with Crippen molar-refractivity contribution in [3.63, 3.8) is 0 Å². The van der Waals surface area contributed by atoms with Gasteiger partial charge in [0.25, 0.3) is 0 Å². The van der Waals surface area contributed by atoms with Crippen LogP contribution in [0.4, 0.5) is 0 Å². The molecular formula is C14H23N3O3S. The second-order valence-corrected chi connectivity index (χ2v) is 8.52. The maximum atomic E-state index is 12.1. The third-order valence-corrected chi connectivity index (χ3v) is 6.93. The fourth-order valence-corrected chi connectivity index (χ4v) is 5.13. The molecule has 1 N–H and O–H groups in total. The number of imidazole rings is 1. The van der Waals surface area contributed by atoms with Gasteiger partial charge in [-0.15, -0.1) is 0 Å². The lowest BCUT2D eigenvalue weighted by atomic mass is 9.70. The maximum Gasteiger partial charge on any atom is 0.213 e. The zero-order chi connectivity index (χ0) is 15.3. The number of aliphatic hydroxyl groups is 1. The molecular weight excluding hydrogens is 290 g/mol. The average molecular weight is 313 g/mol. The van der Waals surface area contributed by atoms with E-state index in [1.54, 1.807) is 17.4 Å². The Bertz CT molecular complexity index is 627. The van der Waals surface area contributed by atoms with Crippen molar-refractivity contribution in [2.24, 2.45) is 18.9 Å². The van der Waals surface area contributed by atoms with Gasteiger partial charge in [0.1, 0.15) is 11.4 Å². The second-order valence-electron chi connectivity index (χ2n) is 6.26. The summed E-state index contributed by atoms with van der Waals surface area (Å²) in [6, 6.07) is 0. The minimum Gasteiger partial charge on any atom is -0.382 e. The van der Waals surface area contributed by atoms with Gasteiger partial charge in [0.05, 0.1) is 5.75 Å². The Morgan fingerprint density at radius 2 is 2.24 bits per heavy atom. The largest absolute Gasteiger partial charge is 0.382 e. The van der Waals surface area contributed by atoms with Gasteiger partial charge in [0.2, 0.25) is 10.0 Å². The molecule has 1 aliphatic carbocycles. The van der Waals surface area contributed by atoms with E-state index < -0.39 is 15.6 Å². The Balaban J connectivity index is 1.94. The molecule has 1 aromatic rings.